The Balaban J connectivity index is 1.87. The van der Waals surface area contributed by atoms with Crippen LogP contribution in [0.15, 0.2) is 18.5 Å². The zero-order chi connectivity index (χ0) is 14.1. The lowest BCUT2D eigenvalue weighted by Gasteiger charge is -2.36. The average Bonchev–Trinajstić information content (AvgIpc) is 3.07. The lowest BCUT2D eigenvalue weighted by atomic mass is 10.0. The molecule has 0 amide bonds. The van der Waals surface area contributed by atoms with E-state index in [1.54, 1.807) is 17.7 Å². The molecule has 2 atom stereocenters. The summed E-state index contributed by atoms with van der Waals surface area (Å²) >= 11 is 7.71. The second-order valence-electron chi connectivity index (χ2n) is 5.07. The van der Waals surface area contributed by atoms with Gasteiger partial charge >= 0.3 is 0 Å². The van der Waals surface area contributed by atoms with E-state index in [0.717, 1.165) is 36.2 Å². The van der Waals surface area contributed by atoms with Crippen LogP contribution in [0.3, 0.4) is 0 Å². The van der Waals surface area contributed by atoms with E-state index in [1.165, 1.54) is 4.88 Å². The zero-order valence-electron chi connectivity index (χ0n) is 11.4. The molecular formula is C13H18ClN5S. The van der Waals surface area contributed by atoms with Crippen LogP contribution in [0.5, 0.6) is 0 Å². The predicted molar refractivity (Wildman–Crippen MR) is 80.8 cm³/mol. The van der Waals surface area contributed by atoms with Gasteiger partial charge in [-0.3, -0.25) is 4.90 Å². The maximum Gasteiger partial charge on any atom is 0.147 e. The second-order valence-corrected chi connectivity index (χ2v) is 6.82. The highest BCUT2D eigenvalue weighted by Gasteiger charge is 2.30. The van der Waals surface area contributed by atoms with Gasteiger partial charge in [0.15, 0.2) is 0 Å². The van der Waals surface area contributed by atoms with Crippen LogP contribution in [0.25, 0.3) is 0 Å². The molecule has 0 aliphatic carbocycles. The molecule has 0 fully saturated rings. The first kappa shape index (κ1) is 14.0. The molecule has 20 heavy (non-hydrogen) atoms. The van der Waals surface area contributed by atoms with E-state index in [9.17, 15) is 0 Å². The third-order valence-corrected chi connectivity index (χ3v) is 5.13. The summed E-state index contributed by atoms with van der Waals surface area (Å²) in [7, 11) is 0. The van der Waals surface area contributed by atoms with Crippen molar-refractivity contribution in [2.45, 2.75) is 38.5 Å². The molecule has 0 spiro atoms. The van der Waals surface area contributed by atoms with Gasteiger partial charge in [0.05, 0.1) is 16.9 Å². The highest BCUT2D eigenvalue weighted by atomic mass is 35.5. The molecule has 1 aliphatic rings. The van der Waals surface area contributed by atoms with Crippen molar-refractivity contribution in [2.24, 2.45) is 5.73 Å². The normalized spacial score (nSPS) is 18.8. The summed E-state index contributed by atoms with van der Waals surface area (Å²) in [6.07, 6.45) is 2.73. The minimum absolute atomic E-state index is 0.0965. The molecule has 2 unspecified atom stereocenters. The van der Waals surface area contributed by atoms with E-state index in [-0.39, 0.29) is 12.1 Å². The number of nitrogens with zero attached hydrogens (tertiary/aromatic N) is 4. The largest absolute Gasteiger partial charge is 0.326 e. The monoisotopic (exact) mass is 311 g/mol. The SMILES string of the molecule is CCC(N)C(c1ccc(Cl)s1)N1CCn2cnnc2C1. The van der Waals surface area contributed by atoms with Crippen LogP contribution in [0, 0.1) is 0 Å². The van der Waals surface area contributed by atoms with Gasteiger partial charge in [0.25, 0.3) is 0 Å². The van der Waals surface area contributed by atoms with Crippen molar-refractivity contribution in [3.63, 3.8) is 0 Å². The number of rotatable bonds is 4. The highest BCUT2D eigenvalue weighted by molar-refractivity contribution is 7.16. The first-order valence-electron chi connectivity index (χ1n) is 6.80. The minimum Gasteiger partial charge on any atom is -0.326 e. The average molecular weight is 312 g/mol. The topological polar surface area (TPSA) is 60.0 Å². The van der Waals surface area contributed by atoms with Gasteiger partial charge in [-0.25, -0.2) is 0 Å². The molecule has 3 heterocycles. The highest BCUT2D eigenvalue weighted by Crippen LogP contribution is 2.34. The van der Waals surface area contributed by atoms with Crippen LogP contribution in [-0.4, -0.2) is 32.3 Å². The molecule has 3 rings (SSSR count). The summed E-state index contributed by atoms with van der Waals surface area (Å²) in [5.74, 6) is 1.01. The molecule has 0 saturated heterocycles. The summed E-state index contributed by atoms with van der Waals surface area (Å²) in [5.41, 5.74) is 6.36. The second kappa shape index (κ2) is 5.81. The lowest BCUT2D eigenvalue weighted by Crippen LogP contribution is -2.44. The zero-order valence-corrected chi connectivity index (χ0v) is 12.9. The Morgan fingerprint density at radius 3 is 3.00 bits per heavy atom. The minimum atomic E-state index is 0.0965. The van der Waals surface area contributed by atoms with Crippen molar-refractivity contribution in [3.05, 3.63) is 33.5 Å². The standard InChI is InChI=1S/C13H18ClN5S/c1-2-9(15)13(10-3-4-11(14)20-10)18-5-6-19-8-16-17-12(19)7-18/h3-4,8-9,13H,2,5-7,15H2,1H3. The Bertz CT molecular complexity index is 581. The van der Waals surface area contributed by atoms with Crippen LogP contribution in [-0.2, 0) is 13.1 Å². The quantitative estimate of drug-likeness (QED) is 0.941. The number of aromatic nitrogens is 3. The maximum absolute atomic E-state index is 6.36. The van der Waals surface area contributed by atoms with Crippen LogP contribution < -0.4 is 5.73 Å². The van der Waals surface area contributed by atoms with Crippen molar-refractivity contribution in [1.82, 2.24) is 19.7 Å². The van der Waals surface area contributed by atoms with Gasteiger partial charge in [0.1, 0.15) is 12.2 Å². The third kappa shape index (κ3) is 2.61. The van der Waals surface area contributed by atoms with Crippen molar-refractivity contribution < 1.29 is 0 Å². The van der Waals surface area contributed by atoms with Crippen LogP contribution in [0.4, 0.5) is 0 Å². The number of hydrogen-bond donors (Lipinski definition) is 1. The first-order chi connectivity index (χ1) is 9.69. The van der Waals surface area contributed by atoms with E-state index in [2.05, 4.69) is 32.7 Å². The van der Waals surface area contributed by atoms with E-state index < -0.39 is 0 Å². The summed E-state index contributed by atoms with van der Waals surface area (Å²) in [4.78, 5) is 3.62. The van der Waals surface area contributed by atoms with Gasteiger partial charge in [0, 0.05) is 24.0 Å². The molecule has 5 nitrogen and oxygen atoms in total. The van der Waals surface area contributed by atoms with E-state index in [1.807, 2.05) is 6.07 Å². The van der Waals surface area contributed by atoms with E-state index >= 15 is 0 Å². The molecule has 2 N–H and O–H groups in total. The summed E-state index contributed by atoms with van der Waals surface area (Å²) in [6, 6.07) is 4.33. The fourth-order valence-electron chi connectivity index (χ4n) is 2.69. The smallest absolute Gasteiger partial charge is 0.147 e. The molecule has 108 valence electrons. The predicted octanol–water partition coefficient (Wildman–Crippen LogP) is 2.29. The molecule has 7 heteroatoms. The number of halogens is 1. The van der Waals surface area contributed by atoms with Crippen molar-refractivity contribution >= 4 is 22.9 Å². The fraction of sp³-hybridized carbons (Fsp3) is 0.538. The fourth-order valence-corrected chi connectivity index (χ4v) is 3.97. The number of thiophene rings is 1. The third-order valence-electron chi connectivity index (χ3n) is 3.82. The van der Waals surface area contributed by atoms with Crippen LogP contribution in [0.1, 0.15) is 30.1 Å². The van der Waals surface area contributed by atoms with E-state index in [0.29, 0.717) is 0 Å². The first-order valence-corrected chi connectivity index (χ1v) is 8.00. The van der Waals surface area contributed by atoms with Crippen molar-refractivity contribution in [1.29, 1.82) is 0 Å². The van der Waals surface area contributed by atoms with Gasteiger partial charge in [-0.15, -0.1) is 21.5 Å². The van der Waals surface area contributed by atoms with Crippen molar-refractivity contribution in [2.75, 3.05) is 6.54 Å². The molecular weight excluding hydrogens is 294 g/mol. The van der Waals surface area contributed by atoms with E-state index in [4.69, 9.17) is 17.3 Å². The summed E-state index contributed by atoms with van der Waals surface area (Å²) in [6.45, 7) is 4.78. The van der Waals surface area contributed by atoms with Gasteiger partial charge in [-0.2, -0.15) is 0 Å². The molecule has 2 aromatic heterocycles. The lowest BCUT2D eigenvalue weighted by molar-refractivity contribution is 0.132. The van der Waals surface area contributed by atoms with Gasteiger partial charge < -0.3 is 10.3 Å². The summed E-state index contributed by atoms with van der Waals surface area (Å²) < 4.78 is 2.92. The molecule has 0 radical (unpaired) electrons. The van der Waals surface area contributed by atoms with Gasteiger partial charge in [0.2, 0.25) is 0 Å². The number of nitrogens with two attached hydrogens (primary N) is 1. The number of hydrogen-bond acceptors (Lipinski definition) is 5. The van der Waals surface area contributed by atoms with Crippen molar-refractivity contribution in [3.8, 4) is 0 Å². The Labute approximate surface area is 127 Å². The summed E-state index contributed by atoms with van der Waals surface area (Å²) in [5, 5.41) is 8.16. The van der Waals surface area contributed by atoms with Crippen LogP contribution in [0.2, 0.25) is 4.34 Å². The molecule has 2 aromatic rings. The van der Waals surface area contributed by atoms with Gasteiger partial charge in [-0.1, -0.05) is 18.5 Å². The molecule has 0 aromatic carbocycles. The molecule has 0 bridgehead atoms. The Kier molecular flexibility index (Phi) is 4.07. The van der Waals surface area contributed by atoms with Crippen LogP contribution >= 0.6 is 22.9 Å². The Hall–Kier alpha value is -0.950. The Morgan fingerprint density at radius 1 is 1.45 bits per heavy atom. The molecule has 0 saturated carbocycles. The maximum atomic E-state index is 6.36. The van der Waals surface area contributed by atoms with Gasteiger partial charge in [-0.05, 0) is 18.6 Å². The Morgan fingerprint density at radius 2 is 2.30 bits per heavy atom. The number of fused-ring (bicyclic) bond motifs is 1. The molecule has 1 aliphatic heterocycles.